The van der Waals surface area contributed by atoms with Gasteiger partial charge in [-0.1, -0.05) is 5.16 Å². The molecule has 0 bridgehead atoms. The Morgan fingerprint density at radius 2 is 2.17 bits per heavy atom. The van der Waals surface area contributed by atoms with Gasteiger partial charge >= 0.3 is 5.97 Å². The van der Waals surface area contributed by atoms with Gasteiger partial charge < -0.3 is 9.26 Å². The SMILES string of the molecule is CCOC(=O)c1cc(-c2ccc(F)cc2F)on1. The molecule has 6 heteroatoms. The normalized spacial score (nSPS) is 10.4. The van der Waals surface area contributed by atoms with Crippen LogP contribution >= 0.6 is 0 Å². The van der Waals surface area contributed by atoms with E-state index < -0.39 is 17.6 Å². The van der Waals surface area contributed by atoms with E-state index in [1.54, 1.807) is 6.92 Å². The van der Waals surface area contributed by atoms with Crippen molar-refractivity contribution in [3.8, 4) is 11.3 Å². The zero-order chi connectivity index (χ0) is 13.1. The first-order chi connectivity index (χ1) is 8.61. The van der Waals surface area contributed by atoms with E-state index >= 15 is 0 Å². The van der Waals surface area contributed by atoms with E-state index in [0.717, 1.165) is 12.1 Å². The van der Waals surface area contributed by atoms with Crippen molar-refractivity contribution < 1.29 is 22.8 Å². The van der Waals surface area contributed by atoms with Gasteiger partial charge in [0.1, 0.15) is 11.6 Å². The van der Waals surface area contributed by atoms with Crippen LogP contribution < -0.4 is 0 Å². The lowest BCUT2D eigenvalue weighted by atomic mass is 10.1. The Kier molecular flexibility index (Phi) is 3.36. The number of esters is 1. The quantitative estimate of drug-likeness (QED) is 0.789. The summed E-state index contributed by atoms with van der Waals surface area (Å²) < 4.78 is 35.7. The molecular weight excluding hydrogens is 244 g/mol. The topological polar surface area (TPSA) is 52.3 Å². The van der Waals surface area contributed by atoms with Gasteiger partial charge in [0.15, 0.2) is 11.5 Å². The molecule has 0 amide bonds. The highest BCUT2D eigenvalue weighted by Crippen LogP contribution is 2.24. The number of benzene rings is 1. The first kappa shape index (κ1) is 12.2. The summed E-state index contributed by atoms with van der Waals surface area (Å²) >= 11 is 0. The fourth-order valence-corrected chi connectivity index (χ4v) is 1.39. The van der Waals surface area contributed by atoms with Gasteiger partial charge in [-0.3, -0.25) is 0 Å². The Balaban J connectivity index is 2.32. The van der Waals surface area contributed by atoms with Crippen LogP contribution in [0.4, 0.5) is 8.78 Å². The highest BCUT2D eigenvalue weighted by Gasteiger charge is 2.16. The Morgan fingerprint density at radius 3 is 2.83 bits per heavy atom. The second-order valence-electron chi connectivity index (χ2n) is 3.42. The van der Waals surface area contributed by atoms with Crippen molar-refractivity contribution >= 4 is 5.97 Å². The molecule has 0 aliphatic heterocycles. The van der Waals surface area contributed by atoms with Crippen LogP contribution in [0, 0.1) is 11.6 Å². The summed E-state index contributed by atoms with van der Waals surface area (Å²) in [6.45, 7) is 1.85. The number of carbonyl (C=O) groups excluding carboxylic acids is 1. The van der Waals surface area contributed by atoms with E-state index in [4.69, 9.17) is 9.26 Å². The van der Waals surface area contributed by atoms with Crippen LogP contribution in [0.3, 0.4) is 0 Å². The number of halogens is 2. The van der Waals surface area contributed by atoms with E-state index in [2.05, 4.69) is 5.16 Å². The van der Waals surface area contributed by atoms with Gasteiger partial charge in [-0.2, -0.15) is 0 Å². The average molecular weight is 253 g/mol. The standard InChI is InChI=1S/C12H9F2NO3/c1-2-17-12(16)10-6-11(18-15-10)8-4-3-7(13)5-9(8)14/h3-6H,2H2,1H3. The molecule has 0 aliphatic carbocycles. The molecule has 0 saturated carbocycles. The van der Waals surface area contributed by atoms with Gasteiger partial charge in [-0.25, -0.2) is 13.6 Å². The Hall–Kier alpha value is -2.24. The molecule has 1 aromatic carbocycles. The molecule has 0 aliphatic rings. The molecule has 2 rings (SSSR count). The van der Waals surface area contributed by atoms with Crippen LogP contribution in [-0.4, -0.2) is 17.7 Å². The largest absolute Gasteiger partial charge is 0.461 e. The maximum absolute atomic E-state index is 13.5. The predicted octanol–water partition coefficient (Wildman–Crippen LogP) is 2.80. The van der Waals surface area contributed by atoms with Gasteiger partial charge in [0.25, 0.3) is 0 Å². The molecule has 0 N–H and O–H groups in total. The van der Waals surface area contributed by atoms with Crippen LogP contribution in [-0.2, 0) is 4.74 Å². The number of nitrogens with zero attached hydrogens (tertiary/aromatic N) is 1. The van der Waals surface area contributed by atoms with Crippen molar-refractivity contribution in [2.24, 2.45) is 0 Å². The first-order valence-electron chi connectivity index (χ1n) is 5.21. The van der Waals surface area contributed by atoms with Gasteiger partial charge in [0, 0.05) is 12.1 Å². The predicted molar refractivity (Wildman–Crippen MR) is 57.8 cm³/mol. The minimum absolute atomic E-state index is 0.0273. The molecule has 0 spiro atoms. The molecule has 1 aromatic heterocycles. The average Bonchev–Trinajstić information content (AvgIpc) is 2.78. The molecule has 1 heterocycles. The molecule has 0 atom stereocenters. The number of carbonyl (C=O) groups is 1. The zero-order valence-corrected chi connectivity index (χ0v) is 9.44. The number of rotatable bonds is 3. The van der Waals surface area contributed by atoms with Crippen molar-refractivity contribution in [1.82, 2.24) is 5.16 Å². The molecule has 0 saturated heterocycles. The Bertz CT molecular complexity index is 580. The maximum Gasteiger partial charge on any atom is 0.360 e. The Labute approximate surface area is 101 Å². The zero-order valence-electron chi connectivity index (χ0n) is 9.44. The van der Waals surface area contributed by atoms with E-state index in [-0.39, 0.29) is 23.6 Å². The highest BCUT2D eigenvalue weighted by molar-refractivity contribution is 5.88. The summed E-state index contributed by atoms with van der Waals surface area (Å²) in [6.07, 6.45) is 0. The molecule has 0 radical (unpaired) electrons. The molecule has 94 valence electrons. The lowest BCUT2D eigenvalue weighted by molar-refractivity contribution is 0.0514. The fourth-order valence-electron chi connectivity index (χ4n) is 1.39. The second-order valence-corrected chi connectivity index (χ2v) is 3.42. The van der Waals surface area contributed by atoms with Gasteiger partial charge in [0.2, 0.25) is 0 Å². The lowest BCUT2D eigenvalue weighted by Crippen LogP contribution is -2.04. The molecule has 18 heavy (non-hydrogen) atoms. The number of ether oxygens (including phenoxy) is 1. The number of hydrogen-bond donors (Lipinski definition) is 0. The smallest absolute Gasteiger partial charge is 0.360 e. The minimum atomic E-state index is -0.790. The van der Waals surface area contributed by atoms with E-state index in [9.17, 15) is 13.6 Å². The summed E-state index contributed by atoms with van der Waals surface area (Å²) in [5, 5.41) is 3.46. The highest BCUT2D eigenvalue weighted by atomic mass is 19.1. The first-order valence-corrected chi connectivity index (χ1v) is 5.21. The molecule has 2 aromatic rings. The van der Waals surface area contributed by atoms with Crippen LogP contribution in [0.2, 0.25) is 0 Å². The molecule has 0 unspecified atom stereocenters. The van der Waals surface area contributed by atoms with E-state index in [0.29, 0.717) is 0 Å². The minimum Gasteiger partial charge on any atom is -0.461 e. The molecular formula is C12H9F2NO3. The van der Waals surface area contributed by atoms with Crippen molar-refractivity contribution in [2.75, 3.05) is 6.61 Å². The summed E-state index contributed by atoms with van der Waals surface area (Å²) in [7, 11) is 0. The van der Waals surface area contributed by atoms with Gasteiger partial charge in [0.05, 0.1) is 12.2 Å². The van der Waals surface area contributed by atoms with Gasteiger partial charge in [-0.05, 0) is 19.1 Å². The maximum atomic E-state index is 13.5. The third-order valence-corrected chi connectivity index (χ3v) is 2.19. The molecule has 4 nitrogen and oxygen atoms in total. The summed E-state index contributed by atoms with van der Waals surface area (Å²) in [4.78, 5) is 11.3. The fraction of sp³-hybridized carbons (Fsp3) is 0.167. The molecule has 0 fully saturated rings. The van der Waals surface area contributed by atoms with Crippen LogP contribution in [0.1, 0.15) is 17.4 Å². The van der Waals surface area contributed by atoms with Crippen molar-refractivity contribution in [3.63, 3.8) is 0 Å². The Morgan fingerprint density at radius 1 is 1.39 bits per heavy atom. The van der Waals surface area contributed by atoms with Crippen LogP contribution in [0.5, 0.6) is 0 Å². The lowest BCUT2D eigenvalue weighted by Gasteiger charge is -1.97. The third-order valence-electron chi connectivity index (χ3n) is 2.19. The number of aromatic nitrogens is 1. The van der Waals surface area contributed by atoms with Crippen LogP contribution in [0.25, 0.3) is 11.3 Å². The van der Waals surface area contributed by atoms with Gasteiger partial charge in [-0.15, -0.1) is 0 Å². The van der Waals surface area contributed by atoms with E-state index in [1.807, 2.05) is 0 Å². The number of hydrogen-bond acceptors (Lipinski definition) is 4. The van der Waals surface area contributed by atoms with Crippen molar-refractivity contribution in [3.05, 3.63) is 41.6 Å². The second kappa shape index (κ2) is 4.95. The van der Waals surface area contributed by atoms with Crippen molar-refractivity contribution in [1.29, 1.82) is 0 Å². The van der Waals surface area contributed by atoms with Crippen LogP contribution in [0.15, 0.2) is 28.8 Å². The third kappa shape index (κ3) is 2.37. The monoisotopic (exact) mass is 253 g/mol. The summed E-state index contributed by atoms with van der Waals surface area (Å²) in [5.41, 5.74) is -0.0324. The summed E-state index contributed by atoms with van der Waals surface area (Å²) in [5.74, 6) is -2.10. The summed E-state index contributed by atoms with van der Waals surface area (Å²) in [6, 6.07) is 4.27. The van der Waals surface area contributed by atoms with Crippen molar-refractivity contribution in [2.45, 2.75) is 6.92 Å². The van der Waals surface area contributed by atoms with E-state index in [1.165, 1.54) is 12.1 Å².